The second-order valence-corrected chi connectivity index (χ2v) is 8.77. The number of carbonyl (C=O) groups is 1. The van der Waals surface area contributed by atoms with Crippen molar-refractivity contribution in [3.8, 4) is 22.8 Å². The number of rotatable bonds is 8. The van der Waals surface area contributed by atoms with Crippen LogP contribution in [0.2, 0.25) is 0 Å². The number of aromatic nitrogens is 1. The first-order chi connectivity index (χ1) is 16.5. The molecular formula is C27H33N3O4. The predicted octanol–water partition coefficient (Wildman–Crippen LogP) is 4.15. The molecule has 2 heterocycles. The molecule has 1 N–H and O–H groups in total. The summed E-state index contributed by atoms with van der Waals surface area (Å²) in [6.07, 6.45) is 1.38. The number of carbonyl (C=O) groups excluding carboxylic acids is 1. The van der Waals surface area contributed by atoms with Gasteiger partial charge in [0.25, 0.3) is 5.91 Å². The fourth-order valence-electron chi connectivity index (χ4n) is 4.57. The SMILES string of the molecule is COc1ccc(-c2cc(C(=O)NCCCN3CC(C)OC(C)C3)c3ccccc3n2)cc1OC. The zero-order valence-corrected chi connectivity index (χ0v) is 20.3. The molecule has 1 amide bonds. The standard InChI is InChI=1S/C27H33N3O4/c1-18-16-30(17-19(2)34-18)13-7-12-28-27(31)22-15-24(29-23-9-6-5-8-21(22)23)20-10-11-25(32-3)26(14-20)33-4/h5-6,8-11,14-15,18-19H,7,12-13,16-17H2,1-4H3,(H,28,31). The van der Waals surface area contributed by atoms with E-state index < -0.39 is 0 Å². The molecule has 1 aliphatic heterocycles. The molecule has 1 aromatic heterocycles. The lowest BCUT2D eigenvalue weighted by Gasteiger charge is -2.35. The van der Waals surface area contributed by atoms with Gasteiger partial charge >= 0.3 is 0 Å². The Labute approximate surface area is 201 Å². The van der Waals surface area contributed by atoms with Gasteiger partial charge in [-0.25, -0.2) is 4.98 Å². The quantitative estimate of drug-likeness (QED) is 0.506. The number of pyridine rings is 1. The summed E-state index contributed by atoms with van der Waals surface area (Å²) < 4.78 is 16.6. The number of methoxy groups -OCH3 is 2. The van der Waals surface area contributed by atoms with Crippen molar-refractivity contribution in [1.29, 1.82) is 0 Å². The first-order valence-corrected chi connectivity index (χ1v) is 11.8. The fraction of sp³-hybridized carbons (Fsp3) is 0.407. The van der Waals surface area contributed by atoms with E-state index in [1.54, 1.807) is 14.2 Å². The maximum Gasteiger partial charge on any atom is 0.252 e. The summed E-state index contributed by atoms with van der Waals surface area (Å²) in [5, 5.41) is 3.94. The maximum atomic E-state index is 13.2. The topological polar surface area (TPSA) is 72.9 Å². The highest BCUT2D eigenvalue weighted by Gasteiger charge is 2.21. The zero-order valence-electron chi connectivity index (χ0n) is 20.3. The number of para-hydroxylation sites is 1. The van der Waals surface area contributed by atoms with Crippen LogP contribution in [0.5, 0.6) is 11.5 Å². The molecule has 2 unspecified atom stereocenters. The molecule has 180 valence electrons. The monoisotopic (exact) mass is 463 g/mol. The number of benzene rings is 2. The number of hydrogen-bond acceptors (Lipinski definition) is 6. The molecule has 0 aliphatic carbocycles. The number of hydrogen-bond donors (Lipinski definition) is 1. The maximum absolute atomic E-state index is 13.2. The number of fused-ring (bicyclic) bond motifs is 1. The minimum absolute atomic E-state index is 0.0935. The van der Waals surface area contributed by atoms with Crippen LogP contribution in [0.15, 0.2) is 48.5 Å². The van der Waals surface area contributed by atoms with Gasteiger partial charge in [0.2, 0.25) is 0 Å². The summed E-state index contributed by atoms with van der Waals surface area (Å²) in [7, 11) is 3.21. The van der Waals surface area contributed by atoms with E-state index in [-0.39, 0.29) is 18.1 Å². The molecule has 34 heavy (non-hydrogen) atoms. The van der Waals surface area contributed by atoms with E-state index in [0.717, 1.165) is 42.5 Å². The Balaban J connectivity index is 1.51. The second kappa shape index (κ2) is 10.8. The molecule has 1 saturated heterocycles. The summed E-state index contributed by atoms with van der Waals surface area (Å²) in [4.78, 5) is 20.4. The van der Waals surface area contributed by atoms with Crippen molar-refractivity contribution in [2.24, 2.45) is 0 Å². The number of morpholine rings is 1. The van der Waals surface area contributed by atoms with E-state index >= 15 is 0 Å². The number of nitrogens with zero attached hydrogens (tertiary/aromatic N) is 2. The smallest absolute Gasteiger partial charge is 0.252 e. The summed E-state index contributed by atoms with van der Waals surface area (Å²) in [6, 6.07) is 15.2. The van der Waals surface area contributed by atoms with Crippen LogP contribution in [0, 0.1) is 0 Å². The highest BCUT2D eigenvalue weighted by Crippen LogP contribution is 2.33. The van der Waals surface area contributed by atoms with E-state index in [0.29, 0.717) is 29.3 Å². The molecule has 7 heteroatoms. The van der Waals surface area contributed by atoms with Crippen LogP contribution in [-0.2, 0) is 4.74 Å². The van der Waals surface area contributed by atoms with E-state index in [4.69, 9.17) is 19.2 Å². The van der Waals surface area contributed by atoms with E-state index in [1.165, 1.54) is 0 Å². The van der Waals surface area contributed by atoms with Gasteiger partial charge in [-0.05, 0) is 50.6 Å². The van der Waals surface area contributed by atoms with E-state index in [9.17, 15) is 4.79 Å². The predicted molar refractivity (Wildman–Crippen MR) is 134 cm³/mol. The van der Waals surface area contributed by atoms with Gasteiger partial charge in [0, 0.05) is 37.1 Å². The van der Waals surface area contributed by atoms with E-state index in [2.05, 4.69) is 24.1 Å². The Morgan fingerprint density at radius 1 is 1.06 bits per heavy atom. The van der Waals surface area contributed by atoms with Crippen molar-refractivity contribution in [3.63, 3.8) is 0 Å². The third-order valence-electron chi connectivity index (χ3n) is 6.07. The molecule has 3 aromatic rings. The molecule has 0 bridgehead atoms. The molecule has 1 fully saturated rings. The summed E-state index contributed by atoms with van der Waals surface area (Å²) in [5.41, 5.74) is 2.95. The summed E-state index contributed by atoms with van der Waals surface area (Å²) in [6.45, 7) is 7.63. The minimum atomic E-state index is -0.0935. The normalized spacial score (nSPS) is 18.6. The Morgan fingerprint density at radius 2 is 1.79 bits per heavy atom. The van der Waals surface area contributed by atoms with Crippen molar-refractivity contribution in [2.75, 3.05) is 40.4 Å². The van der Waals surface area contributed by atoms with Crippen LogP contribution in [0.4, 0.5) is 0 Å². The van der Waals surface area contributed by atoms with Gasteiger partial charge in [-0.2, -0.15) is 0 Å². The molecular weight excluding hydrogens is 430 g/mol. The Bertz CT molecular complexity index is 1140. The van der Waals surface area contributed by atoms with Gasteiger partial charge in [-0.1, -0.05) is 18.2 Å². The van der Waals surface area contributed by atoms with Gasteiger partial charge in [0.1, 0.15) is 0 Å². The first-order valence-electron chi connectivity index (χ1n) is 11.8. The van der Waals surface area contributed by atoms with Gasteiger partial charge in [0.05, 0.1) is 43.2 Å². The molecule has 7 nitrogen and oxygen atoms in total. The van der Waals surface area contributed by atoms with Crippen molar-refractivity contribution in [1.82, 2.24) is 15.2 Å². The lowest BCUT2D eigenvalue weighted by Crippen LogP contribution is -2.46. The van der Waals surface area contributed by atoms with Crippen molar-refractivity contribution in [2.45, 2.75) is 32.5 Å². The zero-order chi connectivity index (χ0) is 24.1. The molecule has 4 rings (SSSR count). The lowest BCUT2D eigenvalue weighted by atomic mass is 10.0. The second-order valence-electron chi connectivity index (χ2n) is 8.77. The first kappa shape index (κ1) is 24.0. The van der Waals surface area contributed by atoms with Crippen LogP contribution in [0.25, 0.3) is 22.2 Å². The number of ether oxygens (including phenoxy) is 3. The van der Waals surface area contributed by atoms with Gasteiger partial charge in [-0.3, -0.25) is 9.69 Å². The average Bonchev–Trinajstić information content (AvgIpc) is 2.84. The molecule has 2 aromatic carbocycles. The highest BCUT2D eigenvalue weighted by atomic mass is 16.5. The Kier molecular flexibility index (Phi) is 7.65. The van der Waals surface area contributed by atoms with E-state index in [1.807, 2.05) is 48.5 Å². The minimum Gasteiger partial charge on any atom is -0.493 e. The Morgan fingerprint density at radius 3 is 2.53 bits per heavy atom. The summed E-state index contributed by atoms with van der Waals surface area (Å²) >= 11 is 0. The fourth-order valence-corrected chi connectivity index (χ4v) is 4.57. The lowest BCUT2D eigenvalue weighted by molar-refractivity contribution is -0.0679. The molecule has 0 saturated carbocycles. The van der Waals surface area contributed by atoms with Crippen LogP contribution < -0.4 is 14.8 Å². The number of nitrogens with one attached hydrogen (secondary N) is 1. The highest BCUT2D eigenvalue weighted by molar-refractivity contribution is 6.07. The van der Waals surface area contributed by atoms with Crippen molar-refractivity contribution >= 4 is 16.8 Å². The van der Waals surface area contributed by atoms with Gasteiger partial charge in [0.15, 0.2) is 11.5 Å². The van der Waals surface area contributed by atoms with Crippen LogP contribution >= 0.6 is 0 Å². The number of amides is 1. The third kappa shape index (κ3) is 5.48. The average molecular weight is 464 g/mol. The molecule has 2 atom stereocenters. The van der Waals surface area contributed by atoms with Gasteiger partial charge < -0.3 is 19.5 Å². The van der Waals surface area contributed by atoms with Crippen LogP contribution in [0.3, 0.4) is 0 Å². The Hall–Kier alpha value is -3.16. The van der Waals surface area contributed by atoms with Crippen molar-refractivity contribution < 1.29 is 19.0 Å². The van der Waals surface area contributed by atoms with Crippen LogP contribution in [0.1, 0.15) is 30.6 Å². The largest absolute Gasteiger partial charge is 0.493 e. The molecule has 0 spiro atoms. The van der Waals surface area contributed by atoms with Gasteiger partial charge in [-0.15, -0.1) is 0 Å². The molecule has 1 aliphatic rings. The third-order valence-corrected chi connectivity index (χ3v) is 6.07. The van der Waals surface area contributed by atoms with Crippen LogP contribution in [-0.4, -0.2) is 68.4 Å². The summed E-state index contributed by atoms with van der Waals surface area (Å²) in [5.74, 6) is 1.17. The molecule has 0 radical (unpaired) electrons. The van der Waals surface area contributed by atoms with Crippen molar-refractivity contribution in [3.05, 3.63) is 54.1 Å².